The zero-order valence-electron chi connectivity index (χ0n) is 23.3. The van der Waals surface area contributed by atoms with Crippen LogP contribution in [-0.4, -0.2) is 51.0 Å². The van der Waals surface area contributed by atoms with Crippen molar-refractivity contribution in [3.63, 3.8) is 0 Å². The Morgan fingerprint density at radius 1 is 1.10 bits per heavy atom. The smallest absolute Gasteiger partial charge is 0.290 e. The van der Waals surface area contributed by atoms with Gasteiger partial charge in [0.05, 0.1) is 31.2 Å². The van der Waals surface area contributed by atoms with Gasteiger partial charge in [-0.2, -0.15) is 0 Å². The minimum atomic E-state index is -0.771. The maximum atomic E-state index is 13.5. The Hall–Kier alpha value is -4.33. The Morgan fingerprint density at radius 3 is 2.60 bits per heavy atom. The average Bonchev–Trinajstić information content (AvgIpc) is 3.55. The number of hydrogen-bond donors (Lipinski definition) is 1. The Bertz CT molecular complexity index is 1350. The van der Waals surface area contributed by atoms with Crippen LogP contribution >= 0.6 is 0 Å². The number of benzene rings is 2. The summed E-state index contributed by atoms with van der Waals surface area (Å²) in [5.41, 5.74) is 1.56. The van der Waals surface area contributed by atoms with Gasteiger partial charge in [0.25, 0.3) is 5.91 Å². The van der Waals surface area contributed by atoms with Gasteiger partial charge in [0.15, 0.2) is 23.0 Å². The van der Waals surface area contributed by atoms with Gasteiger partial charge in [0.1, 0.15) is 0 Å². The second-order valence-electron chi connectivity index (χ2n) is 10.1. The number of allylic oxidation sites excluding steroid dienone is 1. The van der Waals surface area contributed by atoms with Crippen LogP contribution < -0.4 is 9.47 Å². The number of carbonyl (C=O) groups excluding carboxylic acids is 2. The molecule has 210 valence electrons. The van der Waals surface area contributed by atoms with E-state index in [-0.39, 0.29) is 5.57 Å². The van der Waals surface area contributed by atoms with Gasteiger partial charge in [0.2, 0.25) is 0 Å². The van der Waals surface area contributed by atoms with Gasteiger partial charge in [-0.25, -0.2) is 4.98 Å². The zero-order valence-corrected chi connectivity index (χ0v) is 23.3. The summed E-state index contributed by atoms with van der Waals surface area (Å²) in [6, 6.07) is 14.1. The highest BCUT2D eigenvalue weighted by Gasteiger charge is 2.42. The quantitative estimate of drug-likeness (QED) is 0.259. The van der Waals surface area contributed by atoms with Crippen molar-refractivity contribution in [3.05, 3.63) is 95.8 Å². The maximum absolute atomic E-state index is 13.5. The molecule has 2 heterocycles. The minimum absolute atomic E-state index is 0.0516. The fourth-order valence-electron chi connectivity index (χ4n) is 4.64. The lowest BCUT2D eigenvalue weighted by atomic mass is 9.95. The summed E-state index contributed by atoms with van der Waals surface area (Å²) < 4.78 is 13.8. The van der Waals surface area contributed by atoms with E-state index < -0.39 is 23.5 Å². The normalized spacial score (nSPS) is 15.4. The number of nitrogens with zero attached hydrogens (tertiary/aromatic N) is 3. The Labute approximate surface area is 235 Å². The van der Waals surface area contributed by atoms with E-state index >= 15 is 0 Å². The Balaban J connectivity index is 1.66. The molecule has 0 radical (unpaired) electrons. The Kier molecular flexibility index (Phi) is 9.78. The molecule has 4 rings (SSSR count). The van der Waals surface area contributed by atoms with E-state index in [0.717, 1.165) is 12.0 Å². The largest absolute Gasteiger partial charge is 0.503 e. The summed E-state index contributed by atoms with van der Waals surface area (Å²) in [6.45, 7) is 8.11. The molecule has 0 aliphatic carbocycles. The third-order valence-corrected chi connectivity index (χ3v) is 6.71. The lowest BCUT2D eigenvalue weighted by molar-refractivity contribution is -0.129. The molecule has 40 heavy (non-hydrogen) atoms. The van der Waals surface area contributed by atoms with Crippen LogP contribution in [0, 0.1) is 5.92 Å². The predicted octanol–water partition coefficient (Wildman–Crippen LogP) is 5.77. The van der Waals surface area contributed by atoms with Crippen LogP contribution in [0.25, 0.3) is 6.08 Å². The number of aromatic nitrogens is 2. The number of hydrogen-bond acceptors (Lipinski definition) is 6. The number of ketones is 1. The third kappa shape index (κ3) is 7.00. The van der Waals surface area contributed by atoms with Crippen molar-refractivity contribution in [3.8, 4) is 11.5 Å². The first kappa shape index (κ1) is 28.7. The molecule has 1 aliphatic rings. The van der Waals surface area contributed by atoms with Gasteiger partial charge in [-0.1, -0.05) is 56.3 Å². The summed E-state index contributed by atoms with van der Waals surface area (Å²) in [6.07, 6.45) is 9.88. The lowest BCUT2D eigenvalue weighted by Crippen LogP contribution is -2.32. The molecule has 1 unspecified atom stereocenters. The van der Waals surface area contributed by atoms with E-state index in [9.17, 15) is 14.7 Å². The number of imidazole rings is 1. The van der Waals surface area contributed by atoms with Crippen molar-refractivity contribution in [2.75, 3.05) is 19.8 Å². The van der Waals surface area contributed by atoms with Crippen LogP contribution in [0.5, 0.6) is 11.5 Å². The fraction of sp³-hybridized carbons (Fsp3) is 0.344. The highest BCUT2D eigenvalue weighted by atomic mass is 16.5. The summed E-state index contributed by atoms with van der Waals surface area (Å²) >= 11 is 0. The van der Waals surface area contributed by atoms with E-state index in [1.54, 1.807) is 23.5 Å². The van der Waals surface area contributed by atoms with Crippen LogP contribution in [0.15, 0.2) is 84.7 Å². The molecular formula is C32H37N3O5. The van der Waals surface area contributed by atoms with E-state index in [0.29, 0.717) is 55.7 Å². The molecule has 1 amide bonds. The topological polar surface area (TPSA) is 93.9 Å². The summed E-state index contributed by atoms with van der Waals surface area (Å²) in [4.78, 5) is 32.4. The van der Waals surface area contributed by atoms with E-state index in [4.69, 9.17) is 9.47 Å². The summed E-state index contributed by atoms with van der Waals surface area (Å²) in [7, 11) is 0. The molecule has 2 aromatic carbocycles. The molecule has 8 nitrogen and oxygen atoms in total. The number of carbonyl (C=O) groups is 2. The van der Waals surface area contributed by atoms with Crippen LogP contribution in [0.2, 0.25) is 0 Å². The van der Waals surface area contributed by atoms with Crippen LogP contribution in [0.3, 0.4) is 0 Å². The van der Waals surface area contributed by atoms with Gasteiger partial charge in [0, 0.05) is 25.5 Å². The first-order valence-electron chi connectivity index (χ1n) is 13.8. The first-order valence-corrected chi connectivity index (χ1v) is 13.8. The lowest BCUT2D eigenvalue weighted by Gasteiger charge is -2.27. The summed E-state index contributed by atoms with van der Waals surface area (Å²) in [5.74, 6) is 0.126. The molecule has 1 aliphatic heterocycles. The van der Waals surface area contributed by atoms with Crippen LogP contribution in [-0.2, 0) is 16.1 Å². The molecular weight excluding hydrogens is 506 g/mol. The number of rotatable bonds is 14. The number of ether oxygens (including phenoxy) is 2. The van der Waals surface area contributed by atoms with Crippen LogP contribution in [0.1, 0.15) is 50.8 Å². The van der Waals surface area contributed by atoms with Crippen LogP contribution in [0.4, 0.5) is 0 Å². The molecule has 1 atom stereocenters. The first-order chi connectivity index (χ1) is 19.4. The summed E-state index contributed by atoms with van der Waals surface area (Å²) in [5, 5.41) is 11.0. The number of aryl methyl sites for hydroxylation is 1. The van der Waals surface area contributed by atoms with Crippen molar-refractivity contribution < 1.29 is 24.2 Å². The minimum Gasteiger partial charge on any atom is -0.503 e. The average molecular weight is 544 g/mol. The number of aliphatic hydroxyl groups excluding tert-OH is 1. The molecule has 1 aromatic heterocycles. The third-order valence-electron chi connectivity index (χ3n) is 6.71. The van der Waals surface area contributed by atoms with E-state index in [1.165, 1.54) is 6.08 Å². The van der Waals surface area contributed by atoms with Gasteiger partial charge in [-0.15, -0.1) is 0 Å². The highest BCUT2D eigenvalue weighted by Crippen LogP contribution is 2.41. The highest BCUT2D eigenvalue weighted by molar-refractivity contribution is 6.14. The second-order valence-corrected chi connectivity index (χ2v) is 10.1. The molecule has 0 spiro atoms. The SMILES string of the molecule is CCOc1cc(C2C(C(=O)/C=C/c3ccccc3)=C(O)C(=O)N2CCCn2ccnc2)ccc1OCCC(C)C. The van der Waals surface area contributed by atoms with Crippen molar-refractivity contribution >= 4 is 17.8 Å². The number of aliphatic hydroxyl groups is 1. The van der Waals surface area contributed by atoms with Gasteiger partial charge < -0.3 is 24.0 Å². The van der Waals surface area contributed by atoms with Gasteiger partial charge >= 0.3 is 0 Å². The van der Waals surface area contributed by atoms with Crippen molar-refractivity contribution in [2.45, 2.75) is 46.2 Å². The monoisotopic (exact) mass is 543 g/mol. The Morgan fingerprint density at radius 2 is 1.90 bits per heavy atom. The van der Waals surface area contributed by atoms with Gasteiger partial charge in [-0.3, -0.25) is 9.59 Å². The molecule has 1 N–H and O–H groups in total. The fourth-order valence-corrected chi connectivity index (χ4v) is 4.64. The molecule has 3 aromatic rings. The van der Waals surface area contributed by atoms with Crippen molar-refractivity contribution in [2.24, 2.45) is 5.92 Å². The number of amides is 1. The van der Waals surface area contributed by atoms with E-state index in [2.05, 4.69) is 18.8 Å². The molecule has 0 fully saturated rings. The van der Waals surface area contributed by atoms with Crippen molar-refractivity contribution in [1.29, 1.82) is 0 Å². The molecule has 0 saturated heterocycles. The predicted molar refractivity (Wildman–Crippen MR) is 154 cm³/mol. The molecule has 0 bridgehead atoms. The molecule has 8 heteroatoms. The standard InChI is InChI=1S/C32H37N3O5/c1-4-39-28-21-25(12-14-27(28)40-20-15-23(2)3)30-29(26(36)13-11-24-9-6-5-7-10-24)31(37)32(38)35(30)18-8-17-34-19-16-33-22-34/h5-7,9-14,16,19,21-23,30,37H,4,8,15,17-18,20H2,1-3H3/b13-11+. The second kappa shape index (κ2) is 13.6. The maximum Gasteiger partial charge on any atom is 0.290 e. The van der Waals surface area contributed by atoms with Crippen molar-refractivity contribution in [1.82, 2.24) is 14.5 Å². The van der Waals surface area contributed by atoms with Gasteiger partial charge in [-0.05, 0) is 55.0 Å². The van der Waals surface area contributed by atoms with E-state index in [1.807, 2.05) is 66.2 Å². The zero-order chi connectivity index (χ0) is 28.5. The molecule has 0 saturated carbocycles.